The Bertz CT molecular complexity index is 1350. The maximum Gasteiger partial charge on any atom is 0.242 e. The van der Waals surface area contributed by atoms with Gasteiger partial charge in [-0.3, -0.25) is 9.78 Å². The molecule has 4 N–H and O–H groups in total. The third kappa shape index (κ3) is 9.09. The van der Waals surface area contributed by atoms with Crippen LogP contribution in [0.3, 0.4) is 0 Å². The van der Waals surface area contributed by atoms with Crippen LogP contribution >= 0.6 is 0 Å². The summed E-state index contributed by atoms with van der Waals surface area (Å²) in [5, 5.41) is 6.17. The quantitative estimate of drug-likeness (QED) is 0.281. The second-order valence-electron chi connectivity index (χ2n) is 11.6. The number of halogens is 3. The molecule has 2 aromatic carbocycles. The number of carbonyl (C=O) groups excluding carboxylic acids is 1. The number of nitrogens with one attached hydrogen (secondary N) is 2. The maximum atomic E-state index is 15.1. The van der Waals surface area contributed by atoms with Gasteiger partial charge in [0.2, 0.25) is 5.91 Å². The number of pyridine rings is 1. The zero-order valence-corrected chi connectivity index (χ0v) is 25.3. The molecule has 1 amide bonds. The van der Waals surface area contributed by atoms with Gasteiger partial charge in [0, 0.05) is 37.7 Å². The van der Waals surface area contributed by atoms with Crippen LogP contribution in [0, 0.1) is 17.5 Å². The number of anilines is 1. The SMILES string of the molecule is CN(CC1COCCO1)C[C@@H]1CNC[C@@H](CCc2c(F)cncc2NC(=O)[C@@H](N)C(c2ccc(F)cc2)c2ccc(F)cc2)O1. The first-order valence-corrected chi connectivity index (χ1v) is 15.2. The van der Waals surface area contributed by atoms with Gasteiger partial charge in [-0.05, 0) is 55.3 Å². The van der Waals surface area contributed by atoms with Crippen LogP contribution in [-0.4, -0.2) is 93.2 Å². The molecule has 5 rings (SSSR count). The zero-order chi connectivity index (χ0) is 31.8. The van der Waals surface area contributed by atoms with Crippen LogP contribution in [-0.2, 0) is 25.4 Å². The number of benzene rings is 2. The third-order valence-corrected chi connectivity index (χ3v) is 8.14. The fraction of sp³-hybridized carbons (Fsp3) is 0.455. The average Bonchev–Trinajstić information content (AvgIpc) is 3.03. The number of likely N-dealkylation sites (N-methyl/N-ethyl adjacent to an activating group) is 1. The Labute approximate surface area is 261 Å². The number of amides is 1. The summed E-state index contributed by atoms with van der Waals surface area (Å²) in [6.45, 7) is 4.57. The molecule has 2 aliphatic heterocycles. The molecule has 2 saturated heterocycles. The van der Waals surface area contributed by atoms with Crippen molar-refractivity contribution in [3.05, 3.63) is 95.1 Å². The molecular weight excluding hydrogens is 587 g/mol. The van der Waals surface area contributed by atoms with E-state index in [1.165, 1.54) is 54.7 Å². The van der Waals surface area contributed by atoms with E-state index in [-0.39, 0.29) is 24.0 Å². The molecule has 0 saturated carbocycles. The average molecular weight is 628 g/mol. The van der Waals surface area contributed by atoms with Gasteiger partial charge >= 0.3 is 0 Å². The highest BCUT2D eigenvalue weighted by molar-refractivity contribution is 5.96. The summed E-state index contributed by atoms with van der Waals surface area (Å²) >= 11 is 0. The molecule has 12 heteroatoms. The van der Waals surface area contributed by atoms with Crippen molar-refractivity contribution in [3.63, 3.8) is 0 Å². The smallest absolute Gasteiger partial charge is 0.242 e. The van der Waals surface area contributed by atoms with E-state index < -0.39 is 35.3 Å². The Balaban J connectivity index is 1.22. The number of hydrogen-bond donors (Lipinski definition) is 3. The molecule has 2 fully saturated rings. The molecule has 3 aromatic rings. The zero-order valence-electron chi connectivity index (χ0n) is 25.3. The monoisotopic (exact) mass is 627 g/mol. The first kappa shape index (κ1) is 33.0. The van der Waals surface area contributed by atoms with Crippen LogP contribution in [0.1, 0.15) is 29.0 Å². The van der Waals surface area contributed by atoms with E-state index in [1.54, 1.807) is 0 Å². The van der Waals surface area contributed by atoms with E-state index in [9.17, 15) is 13.6 Å². The van der Waals surface area contributed by atoms with Crippen molar-refractivity contribution in [1.82, 2.24) is 15.2 Å². The van der Waals surface area contributed by atoms with Crippen molar-refractivity contribution in [2.24, 2.45) is 5.73 Å². The van der Waals surface area contributed by atoms with Crippen LogP contribution in [0.15, 0.2) is 60.9 Å². The summed E-state index contributed by atoms with van der Waals surface area (Å²) in [5.41, 5.74) is 8.13. The summed E-state index contributed by atoms with van der Waals surface area (Å²) in [7, 11) is 2.02. The number of aromatic nitrogens is 1. The molecule has 9 nitrogen and oxygen atoms in total. The van der Waals surface area contributed by atoms with Crippen molar-refractivity contribution in [2.75, 3.05) is 58.4 Å². The van der Waals surface area contributed by atoms with Crippen LogP contribution in [0.25, 0.3) is 0 Å². The molecule has 1 unspecified atom stereocenters. The van der Waals surface area contributed by atoms with E-state index in [0.29, 0.717) is 69.0 Å². The highest BCUT2D eigenvalue weighted by atomic mass is 19.1. The second-order valence-corrected chi connectivity index (χ2v) is 11.6. The third-order valence-electron chi connectivity index (χ3n) is 8.14. The van der Waals surface area contributed by atoms with Gasteiger partial charge in [-0.2, -0.15) is 0 Å². The standard InChI is InChI=1S/C33H40F3N5O4/c1-41(19-27-20-43-12-13-44-27)18-26-15-38-14-25(45-26)10-11-28-29(36)16-39-17-30(28)40-33(42)32(37)31(21-2-6-23(34)7-3-21)22-4-8-24(35)9-5-22/h2-9,16-17,25-27,31-32,38H,10-15,18-20,37H2,1H3,(H,40,42)/t25-,26+,27?,32+/m1/s1. The molecular formula is C33H40F3N5O4. The summed E-state index contributed by atoms with van der Waals surface area (Å²) in [6.07, 6.45) is 3.13. The first-order valence-electron chi connectivity index (χ1n) is 15.2. The predicted octanol–water partition coefficient (Wildman–Crippen LogP) is 3.23. The Hall–Kier alpha value is -3.39. The lowest BCUT2D eigenvalue weighted by atomic mass is 9.85. The minimum Gasteiger partial charge on any atom is -0.376 e. The number of nitrogens with two attached hydrogens (primary N) is 1. The lowest BCUT2D eigenvalue weighted by Crippen LogP contribution is -2.50. The van der Waals surface area contributed by atoms with Crippen molar-refractivity contribution in [2.45, 2.75) is 43.1 Å². The molecule has 45 heavy (non-hydrogen) atoms. The number of morpholine rings is 1. The van der Waals surface area contributed by atoms with E-state index in [4.69, 9.17) is 19.9 Å². The molecule has 1 aromatic heterocycles. The highest BCUT2D eigenvalue weighted by Crippen LogP contribution is 2.29. The summed E-state index contributed by atoms with van der Waals surface area (Å²) in [6, 6.07) is 10.1. The molecule has 2 aliphatic rings. The Morgan fingerprint density at radius 3 is 2.27 bits per heavy atom. The summed E-state index contributed by atoms with van der Waals surface area (Å²) in [5.74, 6) is -2.74. The first-order chi connectivity index (χ1) is 21.8. The van der Waals surface area contributed by atoms with Crippen molar-refractivity contribution in [1.29, 1.82) is 0 Å². The van der Waals surface area contributed by atoms with Crippen LogP contribution in [0.5, 0.6) is 0 Å². The van der Waals surface area contributed by atoms with Crippen LogP contribution in [0.4, 0.5) is 18.9 Å². The molecule has 0 radical (unpaired) electrons. The molecule has 0 bridgehead atoms. The van der Waals surface area contributed by atoms with Gasteiger partial charge in [-0.1, -0.05) is 24.3 Å². The van der Waals surface area contributed by atoms with Crippen molar-refractivity contribution in [3.8, 4) is 0 Å². The van der Waals surface area contributed by atoms with E-state index in [1.807, 2.05) is 7.05 Å². The number of carbonyl (C=O) groups is 1. The highest BCUT2D eigenvalue weighted by Gasteiger charge is 2.30. The van der Waals surface area contributed by atoms with Gasteiger partial charge in [-0.15, -0.1) is 0 Å². The second kappa shape index (κ2) is 15.7. The number of ether oxygens (including phenoxy) is 3. The van der Waals surface area contributed by atoms with Crippen LogP contribution < -0.4 is 16.4 Å². The van der Waals surface area contributed by atoms with Gasteiger partial charge in [0.05, 0.1) is 62.3 Å². The number of nitrogens with zero attached hydrogens (tertiary/aromatic N) is 2. The Kier molecular flexibility index (Phi) is 11.5. The molecule has 0 aliphatic carbocycles. The van der Waals surface area contributed by atoms with Crippen LogP contribution in [0.2, 0.25) is 0 Å². The predicted molar refractivity (Wildman–Crippen MR) is 163 cm³/mol. The largest absolute Gasteiger partial charge is 0.376 e. The minimum absolute atomic E-state index is 0.0363. The summed E-state index contributed by atoms with van der Waals surface area (Å²) in [4.78, 5) is 19.6. The van der Waals surface area contributed by atoms with Gasteiger partial charge < -0.3 is 35.5 Å². The van der Waals surface area contributed by atoms with E-state index >= 15 is 4.39 Å². The minimum atomic E-state index is -1.16. The molecule has 3 heterocycles. The van der Waals surface area contributed by atoms with Crippen molar-refractivity contribution < 1.29 is 32.2 Å². The fourth-order valence-electron chi connectivity index (χ4n) is 5.91. The Morgan fingerprint density at radius 2 is 1.62 bits per heavy atom. The van der Waals surface area contributed by atoms with Gasteiger partial charge in [0.1, 0.15) is 17.5 Å². The number of hydrogen-bond acceptors (Lipinski definition) is 8. The summed E-state index contributed by atoms with van der Waals surface area (Å²) < 4.78 is 60.0. The van der Waals surface area contributed by atoms with Gasteiger partial charge in [-0.25, -0.2) is 13.2 Å². The molecule has 4 atom stereocenters. The molecule has 242 valence electrons. The van der Waals surface area contributed by atoms with E-state index in [2.05, 4.69) is 20.5 Å². The topological polar surface area (TPSA) is 111 Å². The number of rotatable bonds is 12. The lowest BCUT2D eigenvalue weighted by molar-refractivity contribution is -0.117. The lowest BCUT2D eigenvalue weighted by Gasteiger charge is -2.35. The normalized spacial score (nSPS) is 21.2. The van der Waals surface area contributed by atoms with Gasteiger partial charge in [0.25, 0.3) is 0 Å². The molecule has 0 spiro atoms. The Morgan fingerprint density at radius 1 is 0.978 bits per heavy atom. The van der Waals surface area contributed by atoms with Gasteiger partial charge in [0.15, 0.2) is 0 Å². The van der Waals surface area contributed by atoms with Crippen molar-refractivity contribution >= 4 is 11.6 Å². The fourth-order valence-corrected chi connectivity index (χ4v) is 5.91. The maximum absolute atomic E-state index is 15.1. The van der Waals surface area contributed by atoms with E-state index in [0.717, 1.165) is 12.7 Å².